The summed E-state index contributed by atoms with van der Waals surface area (Å²) in [5.74, 6) is -1.74. The van der Waals surface area contributed by atoms with Crippen molar-refractivity contribution < 1.29 is 14.4 Å². The van der Waals surface area contributed by atoms with E-state index in [4.69, 9.17) is 11.5 Å². The van der Waals surface area contributed by atoms with Crippen LogP contribution in [-0.2, 0) is 27.2 Å². The first-order valence-electron chi connectivity index (χ1n) is 9.41. The predicted octanol–water partition coefficient (Wildman–Crippen LogP) is -1.25. The number of hydrogen-bond acceptors (Lipinski definition) is 6. The second kappa shape index (κ2) is 10.4. The molecule has 11 nitrogen and oxygen atoms in total. The minimum atomic E-state index is -0.965. The number of nitrogens with one attached hydrogen (secondary N) is 4. The largest absolute Gasteiger partial charge is 0.368 e. The molecule has 0 aromatic carbocycles. The monoisotopic (exact) mass is 404 g/mol. The molecule has 0 saturated carbocycles. The van der Waals surface area contributed by atoms with Gasteiger partial charge in [0.25, 0.3) is 0 Å². The summed E-state index contributed by atoms with van der Waals surface area (Å²) in [6.07, 6.45) is 7.06. The fourth-order valence-corrected chi connectivity index (χ4v) is 2.72. The Balaban J connectivity index is 2.12. The third kappa shape index (κ3) is 6.42. The molecule has 0 bridgehead atoms. The van der Waals surface area contributed by atoms with E-state index >= 15 is 0 Å². The summed E-state index contributed by atoms with van der Waals surface area (Å²) < 4.78 is 0. The lowest BCUT2D eigenvalue weighted by Gasteiger charge is -2.24. The smallest absolute Gasteiger partial charge is 0.243 e. The summed E-state index contributed by atoms with van der Waals surface area (Å²) in [7, 11) is 0. The maximum absolute atomic E-state index is 12.9. The van der Waals surface area contributed by atoms with Gasteiger partial charge in [0.2, 0.25) is 17.7 Å². The fraction of sp³-hybridized carbons (Fsp3) is 0.500. The van der Waals surface area contributed by atoms with Gasteiger partial charge in [-0.05, 0) is 5.92 Å². The van der Waals surface area contributed by atoms with Crippen LogP contribution >= 0.6 is 0 Å². The Morgan fingerprint density at radius 2 is 1.52 bits per heavy atom. The van der Waals surface area contributed by atoms with Crippen LogP contribution in [0.4, 0.5) is 0 Å². The Kier molecular flexibility index (Phi) is 7.89. The van der Waals surface area contributed by atoms with E-state index in [1.807, 2.05) is 13.8 Å². The molecule has 2 aromatic heterocycles. The molecule has 0 fully saturated rings. The number of aromatic amines is 2. The van der Waals surface area contributed by atoms with Crippen LogP contribution in [0.3, 0.4) is 0 Å². The lowest BCUT2D eigenvalue weighted by atomic mass is 9.98. The molecule has 0 radical (unpaired) electrons. The molecule has 29 heavy (non-hydrogen) atoms. The first kappa shape index (κ1) is 22.1. The number of amides is 3. The Bertz CT molecular complexity index is 790. The van der Waals surface area contributed by atoms with E-state index in [1.165, 1.54) is 18.9 Å². The number of carbonyl (C=O) groups is 3. The van der Waals surface area contributed by atoms with E-state index in [1.54, 1.807) is 6.20 Å². The molecule has 11 heteroatoms. The summed E-state index contributed by atoms with van der Waals surface area (Å²) in [5.41, 5.74) is 12.7. The summed E-state index contributed by atoms with van der Waals surface area (Å²) in [6, 6.07) is -2.68. The first-order valence-corrected chi connectivity index (χ1v) is 9.41. The Labute approximate surface area is 168 Å². The molecule has 2 heterocycles. The van der Waals surface area contributed by atoms with Crippen LogP contribution in [0.15, 0.2) is 25.0 Å². The van der Waals surface area contributed by atoms with Crippen LogP contribution in [0.1, 0.15) is 31.7 Å². The molecule has 0 aliphatic heterocycles. The van der Waals surface area contributed by atoms with E-state index in [-0.39, 0.29) is 18.8 Å². The van der Waals surface area contributed by atoms with Crippen molar-refractivity contribution >= 4 is 17.7 Å². The zero-order valence-electron chi connectivity index (χ0n) is 16.5. The maximum Gasteiger partial charge on any atom is 0.243 e. The zero-order valence-corrected chi connectivity index (χ0v) is 16.5. The van der Waals surface area contributed by atoms with E-state index in [0.717, 1.165) is 6.42 Å². The van der Waals surface area contributed by atoms with E-state index in [0.29, 0.717) is 11.4 Å². The average Bonchev–Trinajstić information content (AvgIpc) is 3.39. The highest BCUT2D eigenvalue weighted by Gasteiger charge is 2.29. The summed E-state index contributed by atoms with van der Waals surface area (Å²) in [5, 5.41) is 5.28. The lowest BCUT2D eigenvalue weighted by Crippen LogP contribution is -2.57. The van der Waals surface area contributed by atoms with Gasteiger partial charge in [0.15, 0.2) is 0 Å². The average molecular weight is 404 g/mol. The van der Waals surface area contributed by atoms with Gasteiger partial charge in [-0.2, -0.15) is 0 Å². The highest BCUT2D eigenvalue weighted by molar-refractivity contribution is 5.93. The number of aromatic nitrogens is 4. The second-order valence-electron chi connectivity index (χ2n) is 7.00. The van der Waals surface area contributed by atoms with Gasteiger partial charge in [-0.1, -0.05) is 20.3 Å². The minimum absolute atomic E-state index is 0.0513. The van der Waals surface area contributed by atoms with Gasteiger partial charge < -0.3 is 32.1 Å². The molecule has 0 spiro atoms. The van der Waals surface area contributed by atoms with Crippen molar-refractivity contribution in [2.75, 3.05) is 0 Å². The van der Waals surface area contributed by atoms with Crippen LogP contribution < -0.4 is 22.1 Å². The number of hydrogen-bond donors (Lipinski definition) is 6. The highest BCUT2D eigenvalue weighted by Crippen LogP contribution is 2.07. The van der Waals surface area contributed by atoms with Crippen LogP contribution in [0.25, 0.3) is 0 Å². The summed E-state index contributed by atoms with van der Waals surface area (Å²) in [6.45, 7) is 3.79. The Morgan fingerprint density at radius 3 is 1.97 bits per heavy atom. The standard InChI is InChI=1S/C18H28N8O3/c1-3-10(2)15(19)18(29)26-14(5-12-7-22-9-24-12)17(28)25-13(16(20)27)4-11-6-21-8-23-11/h6-10,13-15H,3-5,19H2,1-2H3,(H2,20,27)(H,21,23)(H,22,24)(H,25,28)(H,26,29)/t10-,13-,14-,15-/m0/s1. The molecule has 8 N–H and O–H groups in total. The molecule has 0 aliphatic rings. The molecule has 0 saturated heterocycles. The number of imidazole rings is 2. The van der Waals surface area contributed by atoms with Crippen LogP contribution in [0.2, 0.25) is 0 Å². The molecule has 4 atom stereocenters. The fourth-order valence-electron chi connectivity index (χ4n) is 2.72. The number of carbonyl (C=O) groups excluding carboxylic acids is 3. The number of nitrogens with zero attached hydrogens (tertiary/aromatic N) is 2. The third-order valence-corrected chi connectivity index (χ3v) is 4.81. The van der Waals surface area contributed by atoms with Gasteiger partial charge >= 0.3 is 0 Å². The highest BCUT2D eigenvalue weighted by atomic mass is 16.2. The van der Waals surface area contributed by atoms with Crippen LogP contribution in [0.5, 0.6) is 0 Å². The van der Waals surface area contributed by atoms with Gasteiger partial charge in [-0.25, -0.2) is 9.97 Å². The summed E-state index contributed by atoms with van der Waals surface area (Å²) in [4.78, 5) is 50.8. The minimum Gasteiger partial charge on any atom is -0.368 e. The van der Waals surface area contributed by atoms with E-state index in [9.17, 15) is 14.4 Å². The Hall–Kier alpha value is -3.21. The van der Waals surface area contributed by atoms with Crippen molar-refractivity contribution in [3.8, 4) is 0 Å². The lowest BCUT2D eigenvalue weighted by molar-refractivity contribution is -0.132. The van der Waals surface area contributed by atoms with Gasteiger partial charge in [-0.3, -0.25) is 14.4 Å². The van der Waals surface area contributed by atoms with Crippen molar-refractivity contribution in [2.45, 2.75) is 51.2 Å². The van der Waals surface area contributed by atoms with Crippen LogP contribution in [0, 0.1) is 5.92 Å². The van der Waals surface area contributed by atoms with E-state index in [2.05, 4.69) is 30.6 Å². The quantitative estimate of drug-likeness (QED) is 0.271. The van der Waals surface area contributed by atoms with Gasteiger partial charge in [-0.15, -0.1) is 0 Å². The molecular formula is C18H28N8O3. The molecule has 2 rings (SSSR count). The molecule has 2 aromatic rings. The van der Waals surface area contributed by atoms with E-state index < -0.39 is 35.8 Å². The van der Waals surface area contributed by atoms with Gasteiger partial charge in [0.1, 0.15) is 12.1 Å². The molecule has 158 valence electrons. The van der Waals surface area contributed by atoms with Crippen molar-refractivity contribution in [1.29, 1.82) is 0 Å². The van der Waals surface area contributed by atoms with Gasteiger partial charge in [0.05, 0.1) is 18.7 Å². The third-order valence-electron chi connectivity index (χ3n) is 4.81. The maximum atomic E-state index is 12.9. The SMILES string of the molecule is CC[C@H](C)[C@H](N)C(=O)N[C@@H](Cc1cnc[nH]1)C(=O)N[C@@H](Cc1cnc[nH]1)C(N)=O. The predicted molar refractivity (Wildman–Crippen MR) is 105 cm³/mol. The second-order valence-corrected chi connectivity index (χ2v) is 7.00. The number of H-pyrrole nitrogens is 2. The molecule has 0 aliphatic carbocycles. The van der Waals surface area contributed by atoms with Crippen LogP contribution in [-0.4, -0.2) is 55.8 Å². The molecular weight excluding hydrogens is 376 g/mol. The van der Waals surface area contributed by atoms with Crippen molar-refractivity contribution in [3.05, 3.63) is 36.4 Å². The van der Waals surface area contributed by atoms with Crippen molar-refractivity contribution in [3.63, 3.8) is 0 Å². The zero-order chi connectivity index (χ0) is 21.4. The normalized spacial score (nSPS) is 15.1. The van der Waals surface area contributed by atoms with Crippen molar-refractivity contribution in [2.24, 2.45) is 17.4 Å². The van der Waals surface area contributed by atoms with Gasteiger partial charge in [0, 0.05) is 36.6 Å². The Morgan fingerprint density at radius 1 is 1.00 bits per heavy atom. The summed E-state index contributed by atoms with van der Waals surface area (Å²) >= 11 is 0. The topological polar surface area (TPSA) is 185 Å². The molecule has 3 amide bonds. The number of rotatable bonds is 11. The first-order chi connectivity index (χ1) is 13.8. The number of nitrogens with two attached hydrogens (primary N) is 2. The molecule has 0 unspecified atom stereocenters. The van der Waals surface area contributed by atoms with Crippen molar-refractivity contribution in [1.82, 2.24) is 30.6 Å². The number of primary amides is 1.